The summed E-state index contributed by atoms with van der Waals surface area (Å²) in [7, 11) is 0. The van der Waals surface area contributed by atoms with Gasteiger partial charge >= 0.3 is 6.03 Å². The number of urea groups is 1. The monoisotopic (exact) mass is 655 g/mol. The average Bonchev–Trinajstić information content (AvgIpc) is 3.10. The van der Waals surface area contributed by atoms with Crippen LogP contribution in [0.25, 0.3) is 0 Å². The number of amides is 2. The van der Waals surface area contributed by atoms with Crippen LogP contribution < -0.4 is 10.6 Å². The number of rotatable bonds is 9. The molecule has 0 saturated carbocycles. The molecule has 4 aromatic rings. The SMILES string of the molecule is CC1C(CN2CCC(O)(c3ccc(Cl)cc3)CC2)OC(c2cccc(NC(=O)NCc3ccccc3)c2)OC1c1ccc(CO)cc1. The number of aliphatic hydroxyl groups excluding tert-OH is 1. The van der Waals surface area contributed by atoms with Crippen LogP contribution in [0.15, 0.2) is 103 Å². The first kappa shape index (κ1) is 33.2. The largest absolute Gasteiger partial charge is 0.392 e. The first-order chi connectivity index (χ1) is 22.8. The number of piperidine rings is 1. The quantitative estimate of drug-likeness (QED) is 0.156. The van der Waals surface area contributed by atoms with Crippen LogP contribution in [-0.4, -0.2) is 46.9 Å². The Morgan fingerprint density at radius 1 is 0.894 bits per heavy atom. The zero-order valence-corrected chi connectivity index (χ0v) is 27.3. The highest BCUT2D eigenvalue weighted by molar-refractivity contribution is 6.30. The summed E-state index contributed by atoms with van der Waals surface area (Å²) in [5.41, 5.74) is 4.31. The summed E-state index contributed by atoms with van der Waals surface area (Å²) < 4.78 is 13.3. The number of aliphatic hydroxyl groups is 2. The standard InChI is InChI=1S/C38H42ClN3O5/c1-26-34(24-42-20-18-38(45,19-21-42)31-14-16-32(39)17-15-31)46-36(47-35(26)29-12-10-28(25-43)11-13-29)30-8-5-9-33(22-30)41-37(44)40-23-27-6-3-2-4-7-27/h2-17,22,26,34-36,43,45H,18-21,23-25H2,1H3,(H2,40,41,44). The lowest BCUT2D eigenvalue weighted by atomic mass is 9.84. The molecule has 2 aliphatic heterocycles. The van der Waals surface area contributed by atoms with Gasteiger partial charge in [0.2, 0.25) is 0 Å². The molecule has 0 bridgehead atoms. The second-order valence-electron chi connectivity index (χ2n) is 12.6. The van der Waals surface area contributed by atoms with E-state index in [2.05, 4.69) is 22.5 Å². The molecule has 4 unspecified atom stereocenters. The normalized spacial score (nSPS) is 22.8. The molecule has 2 fully saturated rings. The molecule has 0 radical (unpaired) electrons. The van der Waals surface area contributed by atoms with Crippen molar-refractivity contribution in [3.8, 4) is 0 Å². The van der Waals surface area contributed by atoms with Crippen LogP contribution in [0.2, 0.25) is 5.02 Å². The van der Waals surface area contributed by atoms with E-state index in [1.807, 2.05) is 103 Å². The molecule has 2 aliphatic rings. The van der Waals surface area contributed by atoms with E-state index in [0.29, 0.717) is 36.6 Å². The highest BCUT2D eigenvalue weighted by Gasteiger charge is 2.41. The number of ether oxygens (including phenoxy) is 2. The van der Waals surface area contributed by atoms with Crippen LogP contribution in [0.5, 0.6) is 0 Å². The smallest absolute Gasteiger partial charge is 0.319 e. The molecule has 0 spiro atoms. The molecule has 47 heavy (non-hydrogen) atoms. The van der Waals surface area contributed by atoms with Crippen LogP contribution in [0, 0.1) is 5.92 Å². The Labute approximate surface area is 281 Å². The molecule has 8 nitrogen and oxygen atoms in total. The fourth-order valence-electron chi connectivity index (χ4n) is 6.45. The Hall–Kier alpha value is -3.76. The maximum absolute atomic E-state index is 12.7. The van der Waals surface area contributed by atoms with Crippen LogP contribution in [0.3, 0.4) is 0 Å². The van der Waals surface area contributed by atoms with Gasteiger partial charge in [0.25, 0.3) is 0 Å². The van der Waals surface area contributed by atoms with Gasteiger partial charge in [0.05, 0.1) is 24.4 Å². The lowest BCUT2D eigenvalue weighted by Crippen LogP contribution is -2.49. The molecule has 4 aromatic carbocycles. The van der Waals surface area contributed by atoms with Crippen LogP contribution >= 0.6 is 11.6 Å². The highest BCUT2D eigenvalue weighted by Crippen LogP contribution is 2.43. The molecule has 9 heteroatoms. The van der Waals surface area contributed by atoms with Crippen molar-refractivity contribution < 1.29 is 24.5 Å². The summed E-state index contributed by atoms with van der Waals surface area (Å²) in [6.07, 6.45) is 0.143. The maximum Gasteiger partial charge on any atom is 0.319 e. The van der Waals surface area contributed by atoms with Gasteiger partial charge in [-0.2, -0.15) is 0 Å². The Balaban J connectivity index is 1.16. The summed E-state index contributed by atoms with van der Waals surface area (Å²) in [4.78, 5) is 15.1. The molecular weight excluding hydrogens is 614 g/mol. The van der Waals surface area contributed by atoms with Crippen molar-refractivity contribution in [2.24, 2.45) is 5.92 Å². The molecule has 246 valence electrons. The summed E-state index contributed by atoms with van der Waals surface area (Å²) in [6, 6.07) is 32.4. The number of nitrogens with one attached hydrogen (secondary N) is 2. The summed E-state index contributed by atoms with van der Waals surface area (Å²) >= 11 is 6.09. The van der Waals surface area contributed by atoms with E-state index < -0.39 is 11.9 Å². The fraction of sp³-hybridized carbons (Fsp3) is 0.342. The molecule has 2 heterocycles. The van der Waals surface area contributed by atoms with E-state index in [4.69, 9.17) is 21.1 Å². The minimum atomic E-state index is -0.885. The van der Waals surface area contributed by atoms with E-state index in [0.717, 1.165) is 40.9 Å². The van der Waals surface area contributed by atoms with Gasteiger partial charge in [-0.1, -0.05) is 97.4 Å². The average molecular weight is 656 g/mol. The van der Waals surface area contributed by atoms with Crippen molar-refractivity contribution in [2.75, 3.05) is 25.0 Å². The number of anilines is 1. The first-order valence-corrected chi connectivity index (χ1v) is 16.6. The highest BCUT2D eigenvalue weighted by atomic mass is 35.5. The van der Waals surface area contributed by atoms with Crippen LogP contribution in [0.4, 0.5) is 10.5 Å². The molecule has 4 N–H and O–H groups in total. The van der Waals surface area contributed by atoms with Crippen molar-refractivity contribution >= 4 is 23.3 Å². The Morgan fingerprint density at radius 2 is 1.62 bits per heavy atom. The second-order valence-corrected chi connectivity index (χ2v) is 13.0. The lowest BCUT2D eigenvalue weighted by Gasteiger charge is -2.45. The Bertz CT molecular complexity index is 1610. The predicted molar refractivity (Wildman–Crippen MR) is 183 cm³/mol. The van der Waals surface area contributed by atoms with E-state index in [1.54, 1.807) is 0 Å². The fourth-order valence-corrected chi connectivity index (χ4v) is 6.58. The third kappa shape index (κ3) is 8.22. The number of hydrogen-bond acceptors (Lipinski definition) is 6. The zero-order valence-electron chi connectivity index (χ0n) is 26.5. The molecule has 0 aliphatic carbocycles. The summed E-state index contributed by atoms with van der Waals surface area (Å²) in [5.74, 6) is 0.0216. The lowest BCUT2D eigenvalue weighted by molar-refractivity contribution is -0.277. The van der Waals surface area contributed by atoms with Crippen molar-refractivity contribution in [1.82, 2.24) is 10.2 Å². The number of hydrogen-bond donors (Lipinski definition) is 4. The molecule has 0 aromatic heterocycles. The third-order valence-corrected chi connectivity index (χ3v) is 9.59. The number of halogens is 1. The van der Waals surface area contributed by atoms with Gasteiger partial charge in [-0.25, -0.2) is 4.79 Å². The molecule has 2 amide bonds. The topological polar surface area (TPSA) is 103 Å². The van der Waals surface area contributed by atoms with Crippen molar-refractivity contribution in [1.29, 1.82) is 0 Å². The molecule has 2 saturated heterocycles. The van der Waals surface area contributed by atoms with Gasteiger partial charge in [-0.3, -0.25) is 0 Å². The maximum atomic E-state index is 12.7. The summed E-state index contributed by atoms with van der Waals surface area (Å²) in [6.45, 7) is 4.68. The van der Waals surface area contributed by atoms with E-state index in [1.165, 1.54) is 0 Å². The third-order valence-electron chi connectivity index (χ3n) is 9.34. The Morgan fingerprint density at radius 3 is 2.32 bits per heavy atom. The van der Waals surface area contributed by atoms with Gasteiger partial charge < -0.3 is 35.2 Å². The van der Waals surface area contributed by atoms with Gasteiger partial charge in [-0.05, 0) is 59.4 Å². The van der Waals surface area contributed by atoms with Gasteiger partial charge in [0.15, 0.2) is 6.29 Å². The molecule has 4 atom stereocenters. The minimum absolute atomic E-state index is 0.0216. The van der Waals surface area contributed by atoms with Gasteiger partial charge in [0, 0.05) is 48.4 Å². The number of carbonyl (C=O) groups excluding carboxylic acids is 1. The van der Waals surface area contributed by atoms with Crippen LogP contribution in [0.1, 0.15) is 60.0 Å². The van der Waals surface area contributed by atoms with Crippen LogP contribution in [-0.2, 0) is 28.2 Å². The van der Waals surface area contributed by atoms with Crippen molar-refractivity contribution in [3.05, 3.63) is 136 Å². The minimum Gasteiger partial charge on any atom is -0.392 e. The van der Waals surface area contributed by atoms with E-state index >= 15 is 0 Å². The predicted octanol–water partition coefficient (Wildman–Crippen LogP) is 6.93. The number of nitrogens with zero attached hydrogens (tertiary/aromatic N) is 1. The first-order valence-electron chi connectivity index (χ1n) is 16.2. The van der Waals surface area contributed by atoms with Gasteiger partial charge in [-0.15, -0.1) is 0 Å². The molecule has 6 rings (SSSR count). The van der Waals surface area contributed by atoms with Crippen molar-refractivity contribution in [2.45, 2.75) is 57.0 Å². The Kier molecular flexibility index (Phi) is 10.6. The number of likely N-dealkylation sites (tertiary alicyclic amines) is 1. The number of carbonyl (C=O) groups is 1. The zero-order chi connectivity index (χ0) is 32.8. The number of benzene rings is 4. The van der Waals surface area contributed by atoms with E-state index in [-0.39, 0.29) is 30.8 Å². The second kappa shape index (κ2) is 15.0. The molecular formula is C38H42ClN3O5. The van der Waals surface area contributed by atoms with E-state index in [9.17, 15) is 15.0 Å². The van der Waals surface area contributed by atoms with Crippen molar-refractivity contribution in [3.63, 3.8) is 0 Å². The van der Waals surface area contributed by atoms with Gasteiger partial charge in [0.1, 0.15) is 0 Å². The summed E-state index contributed by atoms with van der Waals surface area (Å²) in [5, 5.41) is 27.5.